The number of nitrogens with one attached hydrogen (secondary N) is 1. The molecule has 0 saturated heterocycles. The minimum Gasteiger partial charge on any atom is -0.378 e. The Bertz CT molecular complexity index is 749. The number of anilines is 1. The Morgan fingerprint density at radius 3 is 2.81 bits per heavy atom. The third-order valence-corrected chi connectivity index (χ3v) is 4.54. The van der Waals surface area contributed by atoms with Gasteiger partial charge in [-0.1, -0.05) is 17.7 Å². The zero-order chi connectivity index (χ0) is 14.8. The highest BCUT2D eigenvalue weighted by molar-refractivity contribution is 7.11. The van der Waals surface area contributed by atoms with Crippen LogP contribution in [0.5, 0.6) is 0 Å². The number of para-hydroxylation sites is 1. The van der Waals surface area contributed by atoms with E-state index in [-0.39, 0.29) is 0 Å². The van der Waals surface area contributed by atoms with Crippen LogP contribution in [0.2, 0.25) is 5.02 Å². The maximum absolute atomic E-state index is 6.33. The van der Waals surface area contributed by atoms with Gasteiger partial charge in [-0.3, -0.25) is 0 Å². The third-order valence-electron chi connectivity index (χ3n) is 3.16. The Balaban J connectivity index is 1.89. The summed E-state index contributed by atoms with van der Waals surface area (Å²) in [6.45, 7) is 4.79. The molecule has 2 aromatic heterocycles. The molecule has 21 heavy (non-hydrogen) atoms. The molecule has 4 nitrogen and oxygen atoms in total. The smallest absolute Gasteiger partial charge is 0.106 e. The first-order chi connectivity index (χ1) is 10.1. The molecule has 1 aromatic carbocycles. The fourth-order valence-corrected chi connectivity index (χ4v) is 3.34. The van der Waals surface area contributed by atoms with Crippen molar-refractivity contribution in [2.75, 3.05) is 5.32 Å². The molecule has 0 aliphatic rings. The summed E-state index contributed by atoms with van der Waals surface area (Å²) >= 11 is 8.04. The van der Waals surface area contributed by atoms with Crippen LogP contribution in [-0.4, -0.2) is 14.8 Å². The average Bonchev–Trinajstić information content (AvgIpc) is 3.06. The first-order valence-electron chi connectivity index (χ1n) is 6.60. The van der Waals surface area contributed by atoms with Gasteiger partial charge in [0.05, 0.1) is 28.0 Å². The van der Waals surface area contributed by atoms with Crippen LogP contribution in [0.1, 0.15) is 15.6 Å². The highest BCUT2D eigenvalue weighted by Gasteiger charge is 2.11. The van der Waals surface area contributed by atoms with Crippen LogP contribution in [0.15, 0.2) is 36.7 Å². The maximum Gasteiger partial charge on any atom is 0.106 e. The monoisotopic (exact) mass is 318 g/mol. The fourth-order valence-electron chi connectivity index (χ4n) is 2.20. The van der Waals surface area contributed by atoms with E-state index in [2.05, 4.69) is 15.4 Å². The molecule has 0 radical (unpaired) electrons. The van der Waals surface area contributed by atoms with E-state index in [1.807, 2.05) is 44.3 Å². The Labute approximate surface area is 132 Å². The van der Waals surface area contributed by atoms with Crippen molar-refractivity contribution in [3.8, 4) is 5.69 Å². The SMILES string of the molecule is Cc1nc(C)c(CNc2cccc(Cl)c2-n2cccn2)s1. The van der Waals surface area contributed by atoms with Gasteiger partial charge in [-0.25, -0.2) is 9.67 Å². The minimum atomic E-state index is 0.668. The average molecular weight is 319 g/mol. The molecule has 3 rings (SSSR count). The molecular weight excluding hydrogens is 304 g/mol. The number of thiazole rings is 1. The molecule has 108 valence electrons. The molecule has 0 unspecified atom stereocenters. The zero-order valence-electron chi connectivity index (χ0n) is 11.8. The Morgan fingerprint density at radius 1 is 1.29 bits per heavy atom. The lowest BCUT2D eigenvalue weighted by atomic mass is 10.2. The highest BCUT2D eigenvalue weighted by atomic mass is 35.5. The van der Waals surface area contributed by atoms with Gasteiger partial charge in [-0.15, -0.1) is 11.3 Å². The summed E-state index contributed by atoms with van der Waals surface area (Å²) in [4.78, 5) is 5.68. The van der Waals surface area contributed by atoms with Crippen molar-refractivity contribution in [2.45, 2.75) is 20.4 Å². The molecule has 6 heteroatoms. The lowest BCUT2D eigenvalue weighted by Crippen LogP contribution is -2.05. The quantitative estimate of drug-likeness (QED) is 0.783. The maximum atomic E-state index is 6.33. The van der Waals surface area contributed by atoms with E-state index in [9.17, 15) is 0 Å². The normalized spacial score (nSPS) is 10.8. The fraction of sp³-hybridized carbons (Fsp3) is 0.200. The van der Waals surface area contributed by atoms with Crippen molar-refractivity contribution in [2.24, 2.45) is 0 Å². The molecule has 0 aliphatic carbocycles. The molecule has 0 saturated carbocycles. The van der Waals surface area contributed by atoms with Gasteiger partial charge in [0, 0.05) is 17.3 Å². The number of hydrogen-bond donors (Lipinski definition) is 1. The molecule has 0 amide bonds. The second-order valence-corrected chi connectivity index (χ2v) is 6.38. The Hall–Kier alpha value is -1.85. The van der Waals surface area contributed by atoms with Crippen LogP contribution >= 0.6 is 22.9 Å². The number of aromatic nitrogens is 3. The summed E-state index contributed by atoms with van der Waals surface area (Å²) in [5, 5.41) is 9.46. The number of halogens is 1. The lowest BCUT2D eigenvalue weighted by molar-refractivity contribution is 0.879. The van der Waals surface area contributed by atoms with Crippen molar-refractivity contribution in [1.29, 1.82) is 0 Å². The van der Waals surface area contributed by atoms with Crippen molar-refractivity contribution in [1.82, 2.24) is 14.8 Å². The van der Waals surface area contributed by atoms with Gasteiger partial charge < -0.3 is 5.32 Å². The van der Waals surface area contributed by atoms with Crippen molar-refractivity contribution in [3.63, 3.8) is 0 Å². The molecule has 3 aromatic rings. The summed E-state index contributed by atoms with van der Waals surface area (Å²) < 4.78 is 1.77. The standard InChI is InChI=1S/C15H15ClN4S/c1-10-14(21-11(2)19-10)9-17-13-6-3-5-12(16)15(13)20-8-4-7-18-20/h3-8,17H,9H2,1-2H3. The number of aryl methyl sites for hydroxylation is 2. The number of hydrogen-bond acceptors (Lipinski definition) is 4. The summed E-state index contributed by atoms with van der Waals surface area (Å²) in [7, 11) is 0. The molecular formula is C15H15ClN4S. The van der Waals surface area contributed by atoms with E-state index >= 15 is 0 Å². The van der Waals surface area contributed by atoms with Gasteiger partial charge in [0.15, 0.2) is 0 Å². The van der Waals surface area contributed by atoms with Crippen LogP contribution in [0.4, 0.5) is 5.69 Å². The molecule has 0 fully saturated rings. The van der Waals surface area contributed by atoms with Gasteiger partial charge >= 0.3 is 0 Å². The molecule has 0 atom stereocenters. The van der Waals surface area contributed by atoms with Crippen molar-refractivity contribution < 1.29 is 0 Å². The molecule has 2 heterocycles. The largest absolute Gasteiger partial charge is 0.378 e. The van der Waals surface area contributed by atoms with Crippen molar-refractivity contribution in [3.05, 3.63) is 57.3 Å². The van der Waals surface area contributed by atoms with E-state index in [0.29, 0.717) is 5.02 Å². The van der Waals surface area contributed by atoms with Crippen LogP contribution in [-0.2, 0) is 6.54 Å². The number of rotatable bonds is 4. The van der Waals surface area contributed by atoms with E-state index in [4.69, 9.17) is 11.6 Å². The van der Waals surface area contributed by atoms with Crippen LogP contribution in [0.25, 0.3) is 5.69 Å². The second-order valence-electron chi connectivity index (χ2n) is 4.68. The van der Waals surface area contributed by atoms with E-state index < -0.39 is 0 Å². The van der Waals surface area contributed by atoms with Gasteiger partial charge in [0.1, 0.15) is 5.69 Å². The molecule has 0 bridgehead atoms. The Kier molecular flexibility index (Phi) is 3.94. The van der Waals surface area contributed by atoms with Gasteiger partial charge in [-0.05, 0) is 32.0 Å². The number of nitrogens with zero attached hydrogens (tertiary/aromatic N) is 3. The summed E-state index contributed by atoms with van der Waals surface area (Å²) in [6.07, 6.45) is 3.62. The van der Waals surface area contributed by atoms with E-state index in [0.717, 1.165) is 28.6 Å². The predicted octanol–water partition coefficient (Wildman–Crippen LogP) is 4.21. The third kappa shape index (κ3) is 2.94. The van der Waals surface area contributed by atoms with Crippen LogP contribution in [0, 0.1) is 13.8 Å². The first-order valence-corrected chi connectivity index (χ1v) is 7.80. The summed E-state index contributed by atoms with van der Waals surface area (Å²) in [5.74, 6) is 0. The van der Waals surface area contributed by atoms with Gasteiger partial charge in [0.25, 0.3) is 0 Å². The van der Waals surface area contributed by atoms with Crippen LogP contribution < -0.4 is 5.32 Å². The van der Waals surface area contributed by atoms with Crippen molar-refractivity contribution >= 4 is 28.6 Å². The van der Waals surface area contributed by atoms with E-state index in [1.165, 1.54) is 4.88 Å². The highest BCUT2D eigenvalue weighted by Crippen LogP contribution is 2.29. The summed E-state index contributed by atoms with van der Waals surface area (Å²) in [5.41, 5.74) is 2.90. The lowest BCUT2D eigenvalue weighted by Gasteiger charge is -2.13. The summed E-state index contributed by atoms with van der Waals surface area (Å²) in [6, 6.07) is 7.68. The van der Waals surface area contributed by atoms with Gasteiger partial charge in [-0.2, -0.15) is 5.10 Å². The van der Waals surface area contributed by atoms with E-state index in [1.54, 1.807) is 22.2 Å². The second kappa shape index (κ2) is 5.87. The first kappa shape index (κ1) is 14.1. The molecule has 0 spiro atoms. The zero-order valence-corrected chi connectivity index (χ0v) is 13.4. The Morgan fingerprint density at radius 2 is 2.14 bits per heavy atom. The number of benzene rings is 1. The predicted molar refractivity (Wildman–Crippen MR) is 87.5 cm³/mol. The topological polar surface area (TPSA) is 42.7 Å². The molecule has 1 N–H and O–H groups in total. The van der Waals surface area contributed by atoms with Gasteiger partial charge in [0.2, 0.25) is 0 Å². The minimum absolute atomic E-state index is 0.668. The van der Waals surface area contributed by atoms with Crippen LogP contribution in [0.3, 0.4) is 0 Å². The molecule has 0 aliphatic heterocycles.